The van der Waals surface area contributed by atoms with Crippen LogP contribution in [-0.4, -0.2) is 13.4 Å². The van der Waals surface area contributed by atoms with Crippen LogP contribution in [0.3, 0.4) is 0 Å². The van der Waals surface area contributed by atoms with Gasteiger partial charge in [-0.3, -0.25) is 0 Å². The Morgan fingerprint density at radius 1 is 0.187 bits per heavy atom. The molecule has 0 saturated heterocycles. The zero-order valence-corrected chi connectivity index (χ0v) is 78.5. The maximum Gasteiger partial charge on any atom is 0.243 e. The molecule has 25 aromatic carbocycles. The SMILES string of the molecule is Cc1cc(C)c(B(c2cccc3ccccc23)c2cc3c4cccc5c4c(cc3c3ccccc23)-c2ccc(N(c3c(C)cc(C)cc3C)c3cc4ccccc4c4ccccc34)cc2O5)c(C)c1.Cc1ccccc1B(c1cccc2ccccc12)c1cc2c3cccc4c3c(cc2c2ccccc12)-c1ccc(N(c2ccccc2-c2ccccc2)c2cc3ccccc3c3ccccc23)cc1O4. The van der Waals surface area contributed by atoms with Crippen LogP contribution < -0.4 is 52.1 Å². The first kappa shape index (κ1) is 82.6. The van der Waals surface area contributed by atoms with Crippen molar-refractivity contribution in [3.63, 3.8) is 0 Å². The Kier molecular flexibility index (Phi) is 19.7. The van der Waals surface area contributed by atoms with Crippen molar-refractivity contribution < 1.29 is 9.47 Å². The first-order valence-electron chi connectivity index (χ1n) is 48.6. The van der Waals surface area contributed by atoms with Gasteiger partial charge < -0.3 is 19.3 Å². The van der Waals surface area contributed by atoms with E-state index in [0.717, 1.165) is 84.5 Å². The second-order valence-electron chi connectivity index (χ2n) is 38.3. The van der Waals surface area contributed by atoms with Gasteiger partial charge in [0, 0.05) is 61.7 Å². The van der Waals surface area contributed by atoms with Gasteiger partial charge in [-0.15, -0.1) is 0 Å². The molecule has 0 atom stereocenters. The van der Waals surface area contributed by atoms with E-state index in [1.807, 2.05) is 0 Å². The van der Waals surface area contributed by atoms with Gasteiger partial charge in [-0.25, -0.2) is 0 Å². The first-order chi connectivity index (χ1) is 68.4. The largest absolute Gasteiger partial charge is 0.456 e. The van der Waals surface area contributed by atoms with Crippen LogP contribution >= 0.6 is 0 Å². The Bertz CT molecular complexity index is 9430. The summed E-state index contributed by atoms with van der Waals surface area (Å²) in [6.45, 7) is 15.7. The number of fused-ring (bicyclic) bond motifs is 20. The van der Waals surface area contributed by atoms with Crippen molar-refractivity contribution in [1.82, 2.24) is 0 Å². The summed E-state index contributed by atoms with van der Waals surface area (Å²) >= 11 is 0. The molecule has 27 rings (SSSR count). The van der Waals surface area contributed by atoms with Crippen LogP contribution in [-0.2, 0) is 0 Å². The first-order valence-corrected chi connectivity index (χ1v) is 48.6. The van der Waals surface area contributed by atoms with E-state index in [-0.39, 0.29) is 13.4 Å². The fourth-order valence-corrected chi connectivity index (χ4v) is 24.2. The zero-order chi connectivity index (χ0) is 92.9. The number of hydrogen-bond acceptors (Lipinski definition) is 4. The lowest BCUT2D eigenvalue weighted by Gasteiger charge is -2.32. The molecule has 0 bridgehead atoms. The molecule has 6 heteroatoms. The van der Waals surface area contributed by atoms with Gasteiger partial charge in [0.25, 0.3) is 0 Å². The molecule has 654 valence electrons. The number of nitrogens with zero attached hydrogens (tertiary/aromatic N) is 2. The smallest absolute Gasteiger partial charge is 0.243 e. The predicted octanol–water partition coefficient (Wildman–Crippen LogP) is 32.6. The number of ether oxygens (including phenoxy) is 2. The van der Waals surface area contributed by atoms with Crippen molar-refractivity contribution in [3.05, 3.63) is 482 Å². The van der Waals surface area contributed by atoms with Crippen LogP contribution in [0.5, 0.6) is 23.0 Å². The fraction of sp³-hybridized carbons (Fsp3) is 0.0526. The van der Waals surface area contributed by atoms with Crippen molar-refractivity contribution in [2.24, 2.45) is 0 Å². The summed E-state index contributed by atoms with van der Waals surface area (Å²) in [7, 11) is 0. The molecule has 0 unspecified atom stereocenters. The lowest BCUT2D eigenvalue weighted by Crippen LogP contribution is -2.54. The highest BCUT2D eigenvalue weighted by molar-refractivity contribution is 6.99. The van der Waals surface area contributed by atoms with Gasteiger partial charge in [-0.1, -0.05) is 425 Å². The van der Waals surface area contributed by atoms with Gasteiger partial charge in [0.1, 0.15) is 23.0 Å². The van der Waals surface area contributed by atoms with Gasteiger partial charge in [0.15, 0.2) is 0 Å². The van der Waals surface area contributed by atoms with E-state index < -0.39 is 0 Å². The molecule has 4 nitrogen and oxygen atoms in total. The van der Waals surface area contributed by atoms with Crippen molar-refractivity contribution in [1.29, 1.82) is 0 Å². The van der Waals surface area contributed by atoms with Gasteiger partial charge in [-0.2, -0.15) is 0 Å². The minimum Gasteiger partial charge on any atom is -0.456 e. The fourth-order valence-electron chi connectivity index (χ4n) is 24.2. The average Bonchev–Trinajstić information content (AvgIpc) is 0.710. The summed E-state index contributed by atoms with van der Waals surface area (Å²) in [6.07, 6.45) is 0. The Morgan fingerprint density at radius 2 is 0.554 bits per heavy atom. The van der Waals surface area contributed by atoms with Crippen LogP contribution in [0.15, 0.2) is 443 Å². The summed E-state index contributed by atoms with van der Waals surface area (Å²) in [5.74, 6) is 3.43. The lowest BCUT2D eigenvalue weighted by molar-refractivity contribution is 0.487. The predicted molar refractivity (Wildman–Crippen MR) is 597 cm³/mol. The van der Waals surface area contributed by atoms with E-state index in [4.69, 9.17) is 9.47 Å². The topological polar surface area (TPSA) is 24.9 Å². The quantitative estimate of drug-likeness (QED) is 0.0848. The average molecular weight is 1770 g/mol. The van der Waals surface area contributed by atoms with E-state index in [2.05, 4.69) is 501 Å². The third-order valence-electron chi connectivity index (χ3n) is 29.9. The molecule has 0 spiro atoms. The van der Waals surface area contributed by atoms with Crippen molar-refractivity contribution in [3.8, 4) is 56.4 Å². The molecule has 0 N–H and O–H groups in total. The number of rotatable bonds is 13. The third kappa shape index (κ3) is 13.6. The van der Waals surface area contributed by atoms with E-state index >= 15 is 0 Å². The molecule has 2 aliphatic rings. The Hall–Kier alpha value is -17.1. The highest BCUT2D eigenvalue weighted by atomic mass is 16.5. The van der Waals surface area contributed by atoms with E-state index in [1.165, 1.54) is 207 Å². The molecule has 0 fully saturated rings. The molecule has 139 heavy (non-hydrogen) atoms. The molecule has 0 aromatic heterocycles. The Balaban J connectivity index is 0.000000143. The summed E-state index contributed by atoms with van der Waals surface area (Å²) in [5.41, 5.74) is 30.3. The molecular formula is C133H94B2N2O2. The minimum atomic E-state index is -0.00400. The normalized spacial score (nSPS) is 12.0. The summed E-state index contributed by atoms with van der Waals surface area (Å²) < 4.78 is 14.3. The molecule has 2 aliphatic heterocycles. The molecule has 2 heterocycles. The van der Waals surface area contributed by atoms with Crippen molar-refractivity contribution in [2.75, 3.05) is 9.80 Å². The van der Waals surface area contributed by atoms with Crippen molar-refractivity contribution >= 4 is 210 Å². The summed E-state index contributed by atoms with van der Waals surface area (Å²) in [6, 6.07) is 164. The second-order valence-corrected chi connectivity index (χ2v) is 38.3. The van der Waals surface area contributed by atoms with Gasteiger partial charge in [-0.05, 0) is 251 Å². The van der Waals surface area contributed by atoms with E-state index in [9.17, 15) is 0 Å². The molecule has 0 radical (unpaired) electrons. The highest BCUT2D eigenvalue weighted by Gasteiger charge is 2.35. The molecule has 25 aromatic rings. The molecule has 0 saturated carbocycles. The number of aryl methyl sites for hydroxylation is 7. The van der Waals surface area contributed by atoms with Crippen LogP contribution in [0.2, 0.25) is 0 Å². The zero-order valence-electron chi connectivity index (χ0n) is 78.5. The van der Waals surface area contributed by atoms with E-state index in [0.29, 0.717) is 0 Å². The van der Waals surface area contributed by atoms with Gasteiger partial charge in [0.05, 0.1) is 22.7 Å². The number of para-hydroxylation sites is 1. The van der Waals surface area contributed by atoms with Crippen LogP contribution in [0, 0.1) is 48.5 Å². The molecule has 0 aliphatic carbocycles. The summed E-state index contributed by atoms with van der Waals surface area (Å²) in [5, 5.41) is 29.5. The highest BCUT2D eigenvalue weighted by Crippen LogP contribution is 2.56. The second kappa shape index (κ2) is 33.2. The third-order valence-corrected chi connectivity index (χ3v) is 29.9. The molecular weight excluding hydrogens is 1680 g/mol. The number of hydrogen-bond donors (Lipinski definition) is 0. The number of anilines is 6. The maximum atomic E-state index is 7.17. The monoisotopic (exact) mass is 1770 g/mol. The summed E-state index contributed by atoms with van der Waals surface area (Å²) in [4.78, 5) is 4.91. The maximum absolute atomic E-state index is 7.17. The van der Waals surface area contributed by atoms with Crippen LogP contribution in [0.25, 0.3) is 163 Å². The lowest BCUT2D eigenvalue weighted by atomic mass is 9.34. The van der Waals surface area contributed by atoms with E-state index in [1.54, 1.807) is 0 Å². The standard InChI is InChI=1S/C67H44BNO.C66H50BNO/c1-43-19-5-15-33-60(43)68(61-34-17-24-44-22-6-9-26-49(44)61)62-42-58-56-32-18-36-65-67(56)59(41-57(58)52-29-10-12-30-53(52)62)55-38-37-47(40-66(55)70-65)69(63-35-16-14-27-50(63)45-20-3-2-4-21-45)64-39-46-23-7-8-25-48(46)51-28-11-13-31-54(51)64;1-39-31-41(3)65(42(4)32-39)67(59-27-15-19-45-17-7-10-21-49(45)59)60-38-57-55-26-16-28-62-64(55)58(37-56(57)51-23-11-13-24-52(51)60)54-30-29-47(36-63(54)69-62)68(66-43(5)33-40(2)34-44(66)6)61-35-46-18-8-9-20-48(46)50-22-12-14-25-53(50)61/h2-42H,1H3;7-38H,1-6H3. The van der Waals surface area contributed by atoms with Crippen LogP contribution in [0.4, 0.5) is 34.1 Å². The van der Waals surface area contributed by atoms with Crippen molar-refractivity contribution in [2.45, 2.75) is 48.5 Å². The number of benzene rings is 25. The molecule has 0 amide bonds. The van der Waals surface area contributed by atoms with Crippen LogP contribution in [0.1, 0.15) is 38.9 Å². The minimum absolute atomic E-state index is 0.00231. The Morgan fingerprint density at radius 3 is 1.07 bits per heavy atom. The van der Waals surface area contributed by atoms with Gasteiger partial charge in [0.2, 0.25) is 13.4 Å². The Labute approximate surface area is 809 Å². The van der Waals surface area contributed by atoms with Gasteiger partial charge >= 0.3 is 0 Å².